The minimum absolute atomic E-state index is 0.0285. The minimum Gasteiger partial charge on any atom is -0.333 e. The van der Waals surface area contributed by atoms with Gasteiger partial charge in [-0.05, 0) is 52.0 Å². The van der Waals surface area contributed by atoms with E-state index in [1.165, 1.54) is 11.1 Å². The van der Waals surface area contributed by atoms with Crippen molar-refractivity contribution < 1.29 is 4.79 Å². The van der Waals surface area contributed by atoms with Crippen molar-refractivity contribution in [1.29, 1.82) is 0 Å². The van der Waals surface area contributed by atoms with Crippen LogP contribution in [0.15, 0.2) is 47.1 Å². The first-order chi connectivity index (χ1) is 9.66. The van der Waals surface area contributed by atoms with Crippen LogP contribution in [0.1, 0.15) is 34.1 Å². The van der Waals surface area contributed by atoms with Crippen LogP contribution in [-0.2, 0) is 6.42 Å². The van der Waals surface area contributed by atoms with Crippen molar-refractivity contribution in [3.8, 4) is 0 Å². The van der Waals surface area contributed by atoms with Crippen molar-refractivity contribution in [2.45, 2.75) is 18.9 Å². The number of aromatic nitrogens is 1. The maximum Gasteiger partial charge on any atom is 0.272 e. The summed E-state index contributed by atoms with van der Waals surface area (Å²) in [6, 6.07) is 12.1. The van der Waals surface area contributed by atoms with Gasteiger partial charge < -0.3 is 4.90 Å². The average Bonchev–Trinajstić information content (AvgIpc) is 2.90. The van der Waals surface area contributed by atoms with Gasteiger partial charge >= 0.3 is 0 Å². The van der Waals surface area contributed by atoms with Gasteiger partial charge in [0.25, 0.3) is 5.91 Å². The molecule has 0 radical (unpaired) electrons. The summed E-state index contributed by atoms with van der Waals surface area (Å²) in [4.78, 5) is 18.5. The second kappa shape index (κ2) is 5.37. The van der Waals surface area contributed by atoms with Crippen molar-refractivity contribution in [3.05, 3.63) is 63.9 Å². The smallest absolute Gasteiger partial charge is 0.272 e. The number of nitrogens with zero attached hydrogens (tertiary/aromatic N) is 2. The summed E-state index contributed by atoms with van der Waals surface area (Å²) in [6.07, 6.45) is 3.67. The number of carbonyl (C=O) groups excluding carboxylic acids is 1. The predicted octanol–water partition coefficient (Wildman–Crippen LogP) is 3.60. The van der Waals surface area contributed by atoms with E-state index in [1.54, 1.807) is 12.3 Å². The largest absolute Gasteiger partial charge is 0.333 e. The molecule has 2 aromatic rings. The lowest BCUT2D eigenvalue weighted by atomic mass is 10.1. The van der Waals surface area contributed by atoms with Crippen molar-refractivity contribution in [3.63, 3.8) is 0 Å². The first-order valence-electron chi connectivity index (χ1n) is 6.63. The molecule has 0 fully saturated rings. The Morgan fingerprint density at radius 3 is 2.85 bits per heavy atom. The van der Waals surface area contributed by atoms with Gasteiger partial charge in [-0.3, -0.25) is 4.79 Å². The maximum absolute atomic E-state index is 12.5. The molecule has 1 aliphatic rings. The van der Waals surface area contributed by atoms with E-state index in [-0.39, 0.29) is 11.9 Å². The fourth-order valence-corrected chi connectivity index (χ4v) is 3.00. The van der Waals surface area contributed by atoms with Crippen LogP contribution in [-0.4, -0.2) is 22.8 Å². The number of amides is 1. The molecule has 1 amide bonds. The van der Waals surface area contributed by atoms with Crippen molar-refractivity contribution in [1.82, 2.24) is 9.88 Å². The molecule has 1 aromatic heterocycles. The molecule has 1 heterocycles. The standard InChI is InChI=1S/C16H15BrN2O/c1-19(16(20)14-8-7-12(17)10-18-14)15-9-6-11-4-2-3-5-13(11)15/h2-5,7-8,10,15H,6,9H2,1H3. The molecule has 4 heteroatoms. The fourth-order valence-electron chi connectivity index (χ4n) is 2.76. The van der Waals surface area contributed by atoms with Crippen LogP contribution in [0, 0.1) is 0 Å². The highest BCUT2D eigenvalue weighted by Crippen LogP contribution is 2.35. The van der Waals surface area contributed by atoms with E-state index in [0.717, 1.165) is 17.3 Å². The number of benzene rings is 1. The van der Waals surface area contributed by atoms with Gasteiger partial charge in [-0.1, -0.05) is 24.3 Å². The molecule has 20 heavy (non-hydrogen) atoms. The van der Waals surface area contributed by atoms with E-state index < -0.39 is 0 Å². The number of fused-ring (bicyclic) bond motifs is 1. The van der Waals surface area contributed by atoms with E-state index in [1.807, 2.05) is 24.1 Å². The number of halogens is 1. The molecule has 0 spiro atoms. The molecule has 3 nitrogen and oxygen atoms in total. The van der Waals surface area contributed by atoms with Gasteiger partial charge in [0, 0.05) is 17.7 Å². The van der Waals surface area contributed by atoms with Gasteiger partial charge in [-0.25, -0.2) is 4.98 Å². The second-order valence-electron chi connectivity index (χ2n) is 5.03. The van der Waals surface area contributed by atoms with Gasteiger partial charge in [0.15, 0.2) is 0 Å². The molecule has 0 bridgehead atoms. The minimum atomic E-state index is -0.0285. The number of hydrogen-bond donors (Lipinski definition) is 0. The van der Waals surface area contributed by atoms with Gasteiger partial charge in [0.1, 0.15) is 5.69 Å². The van der Waals surface area contributed by atoms with Crippen LogP contribution in [0.5, 0.6) is 0 Å². The summed E-state index contributed by atoms with van der Waals surface area (Å²) in [6.45, 7) is 0. The third kappa shape index (κ3) is 2.36. The van der Waals surface area contributed by atoms with Crippen LogP contribution >= 0.6 is 15.9 Å². The Hall–Kier alpha value is -1.68. The van der Waals surface area contributed by atoms with E-state index in [9.17, 15) is 4.79 Å². The van der Waals surface area contributed by atoms with Gasteiger partial charge in [0.2, 0.25) is 0 Å². The monoisotopic (exact) mass is 330 g/mol. The average molecular weight is 331 g/mol. The SMILES string of the molecule is CN(C(=O)c1ccc(Br)cn1)C1CCc2ccccc21. The molecule has 1 unspecified atom stereocenters. The molecule has 3 rings (SSSR count). The predicted molar refractivity (Wildman–Crippen MR) is 81.5 cm³/mol. The fraction of sp³-hybridized carbons (Fsp3) is 0.250. The lowest BCUT2D eigenvalue weighted by molar-refractivity contribution is 0.0724. The highest BCUT2D eigenvalue weighted by Gasteiger charge is 2.29. The normalized spacial score (nSPS) is 16.8. The van der Waals surface area contributed by atoms with Crippen molar-refractivity contribution in [2.24, 2.45) is 0 Å². The lowest BCUT2D eigenvalue weighted by Gasteiger charge is -2.25. The third-order valence-corrected chi connectivity index (χ3v) is 4.30. The Bertz CT molecular complexity index is 639. The van der Waals surface area contributed by atoms with Crippen LogP contribution in [0.25, 0.3) is 0 Å². The van der Waals surface area contributed by atoms with Crippen LogP contribution in [0.2, 0.25) is 0 Å². The Kier molecular flexibility index (Phi) is 3.57. The van der Waals surface area contributed by atoms with E-state index in [0.29, 0.717) is 5.69 Å². The highest BCUT2D eigenvalue weighted by atomic mass is 79.9. The van der Waals surface area contributed by atoms with Gasteiger partial charge in [-0.15, -0.1) is 0 Å². The van der Waals surface area contributed by atoms with E-state index in [4.69, 9.17) is 0 Å². The lowest BCUT2D eigenvalue weighted by Crippen LogP contribution is -2.30. The third-order valence-electron chi connectivity index (χ3n) is 3.84. The number of carbonyl (C=O) groups is 1. The second-order valence-corrected chi connectivity index (χ2v) is 5.95. The molecule has 0 saturated heterocycles. The van der Waals surface area contributed by atoms with Crippen molar-refractivity contribution in [2.75, 3.05) is 7.05 Å². The topological polar surface area (TPSA) is 33.2 Å². The van der Waals surface area contributed by atoms with Gasteiger partial charge in [-0.2, -0.15) is 0 Å². The zero-order valence-electron chi connectivity index (χ0n) is 11.2. The quantitative estimate of drug-likeness (QED) is 0.842. The Morgan fingerprint density at radius 2 is 2.10 bits per heavy atom. The van der Waals surface area contributed by atoms with Crippen LogP contribution in [0.4, 0.5) is 0 Å². The Balaban J connectivity index is 1.85. The summed E-state index contributed by atoms with van der Waals surface area (Å²) in [5.41, 5.74) is 3.10. The first-order valence-corrected chi connectivity index (χ1v) is 7.42. The first kappa shape index (κ1) is 13.3. The van der Waals surface area contributed by atoms with Crippen LogP contribution < -0.4 is 0 Å². The molecule has 0 saturated carbocycles. The summed E-state index contributed by atoms with van der Waals surface area (Å²) in [7, 11) is 1.86. The molecule has 0 aliphatic heterocycles. The number of hydrogen-bond acceptors (Lipinski definition) is 2. The zero-order chi connectivity index (χ0) is 14.1. The molecule has 1 aliphatic carbocycles. The molecular formula is C16H15BrN2O. The highest BCUT2D eigenvalue weighted by molar-refractivity contribution is 9.10. The van der Waals surface area contributed by atoms with Gasteiger partial charge in [0.05, 0.1) is 6.04 Å². The molecular weight excluding hydrogens is 316 g/mol. The number of rotatable bonds is 2. The summed E-state index contributed by atoms with van der Waals surface area (Å²) < 4.78 is 0.878. The summed E-state index contributed by atoms with van der Waals surface area (Å²) in [5.74, 6) is -0.0285. The summed E-state index contributed by atoms with van der Waals surface area (Å²) in [5, 5.41) is 0. The Morgan fingerprint density at radius 1 is 1.30 bits per heavy atom. The van der Waals surface area contributed by atoms with E-state index in [2.05, 4.69) is 39.1 Å². The number of pyridine rings is 1. The maximum atomic E-state index is 12.5. The Labute approximate surface area is 126 Å². The molecule has 1 aromatic carbocycles. The zero-order valence-corrected chi connectivity index (χ0v) is 12.8. The molecule has 0 N–H and O–H groups in total. The van der Waals surface area contributed by atoms with E-state index >= 15 is 0 Å². The molecule has 1 atom stereocenters. The molecule has 102 valence electrons. The summed E-state index contributed by atoms with van der Waals surface area (Å²) >= 11 is 3.33. The number of aryl methyl sites for hydroxylation is 1. The van der Waals surface area contributed by atoms with Crippen molar-refractivity contribution >= 4 is 21.8 Å². The van der Waals surface area contributed by atoms with Crippen LogP contribution in [0.3, 0.4) is 0 Å².